The van der Waals surface area contributed by atoms with Crippen molar-refractivity contribution in [2.45, 2.75) is 70.1 Å². The van der Waals surface area contributed by atoms with E-state index >= 15 is 0 Å². The van der Waals surface area contributed by atoms with Gasteiger partial charge in [-0.25, -0.2) is 0 Å². The van der Waals surface area contributed by atoms with E-state index in [1.165, 1.54) is 25.1 Å². The van der Waals surface area contributed by atoms with Crippen LogP contribution in [-0.2, 0) is 20.8 Å². The predicted molar refractivity (Wildman–Crippen MR) is 115 cm³/mol. The van der Waals surface area contributed by atoms with Crippen LogP contribution in [0.15, 0.2) is 24.3 Å². The van der Waals surface area contributed by atoms with E-state index in [-0.39, 0.29) is 24.4 Å². The Labute approximate surface area is 186 Å². The molecule has 0 heterocycles. The third-order valence-corrected chi connectivity index (χ3v) is 4.79. The molecule has 11 heteroatoms. The monoisotopic (exact) mass is 455 g/mol. The van der Waals surface area contributed by atoms with Crippen LogP contribution in [0, 0.1) is 5.92 Å². The highest BCUT2D eigenvalue weighted by Crippen LogP contribution is 2.26. The number of aliphatic carboxylic acids is 1. The molecule has 0 aromatic heterocycles. The van der Waals surface area contributed by atoms with E-state index < -0.39 is 47.9 Å². The number of rotatable bonds is 12. The molecule has 1 rings (SSSR count). The summed E-state index contributed by atoms with van der Waals surface area (Å²) < 4.78 is 0. The summed E-state index contributed by atoms with van der Waals surface area (Å²) in [5, 5.41) is 54.3. The van der Waals surface area contributed by atoms with Crippen LogP contribution >= 0.6 is 0 Å². The molecule has 1 aromatic carbocycles. The van der Waals surface area contributed by atoms with Crippen molar-refractivity contribution in [2.75, 3.05) is 5.32 Å². The van der Waals surface area contributed by atoms with Crippen LogP contribution in [0.5, 0.6) is 0 Å². The van der Waals surface area contributed by atoms with Gasteiger partial charge in [0.15, 0.2) is 0 Å². The van der Waals surface area contributed by atoms with Crippen LogP contribution in [0.2, 0.25) is 0 Å². The average molecular weight is 456 g/mol. The number of benzene rings is 1. The summed E-state index contributed by atoms with van der Waals surface area (Å²) in [4.78, 5) is 35.3. The Hall–Kier alpha value is -2.57. The quantitative estimate of drug-likeness (QED) is 0.187. The van der Waals surface area contributed by atoms with Gasteiger partial charge in [0.05, 0.1) is 6.04 Å². The summed E-state index contributed by atoms with van der Waals surface area (Å²) >= 11 is 0. The Bertz CT molecular complexity index is 810. The third-order valence-electron chi connectivity index (χ3n) is 4.79. The number of aliphatic hydroxyl groups is 4. The van der Waals surface area contributed by atoms with E-state index in [9.17, 15) is 34.8 Å². The Balaban J connectivity index is 2.86. The minimum Gasteiger partial charge on any atom is -0.481 e. The molecule has 1 unspecified atom stereocenters. The molecule has 0 fully saturated rings. The number of carbonyl (C=O) groups is 3. The topological polar surface area (TPSA) is 202 Å². The van der Waals surface area contributed by atoms with Crippen molar-refractivity contribution in [3.63, 3.8) is 0 Å². The van der Waals surface area contributed by atoms with Gasteiger partial charge in [-0.1, -0.05) is 32.0 Å². The molecule has 0 spiro atoms. The number of nitrogens with two attached hydrogens (primary N) is 1. The van der Waals surface area contributed by atoms with Crippen LogP contribution in [0.3, 0.4) is 0 Å². The zero-order valence-electron chi connectivity index (χ0n) is 18.4. The van der Waals surface area contributed by atoms with Crippen molar-refractivity contribution in [3.8, 4) is 0 Å². The average Bonchev–Trinajstić information content (AvgIpc) is 2.65. The van der Waals surface area contributed by atoms with Gasteiger partial charge in [0.2, 0.25) is 11.7 Å². The van der Waals surface area contributed by atoms with Crippen LogP contribution in [0.1, 0.15) is 45.6 Å². The maximum Gasteiger partial charge on any atom is 0.303 e. The second-order valence-corrected chi connectivity index (χ2v) is 8.34. The van der Waals surface area contributed by atoms with Gasteiger partial charge < -0.3 is 41.9 Å². The van der Waals surface area contributed by atoms with Crippen molar-refractivity contribution in [1.29, 1.82) is 0 Å². The van der Waals surface area contributed by atoms with E-state index in [2.05, 4.69) is 10.6 Å². The summed E-state index contributed by atoms with van der Waals surface area (Å²) in [6.07, 6.45) is -0.571. The van der Waals surface area contributed by atoms with Crippen LogP contribution < -0.4 is 16.4 Å². The predicted octanol–water partition coefficient (Wildman–Crippen LogP) is -0.728. The molecule has 0 aliphatic rings. The number of anilines is 1. The van der Waals surface area contributed by atoms with Gasteiger partial charge in [-0.05, 0) is 37.3 Å². The van der Waals surface area contributed by atoms with Gasteiger partial charge in [0.1, 0.15) is 0 Å². The Morgan fingerprint density at radius 3 is 2.22 bits per heavy atom. The molecule has 0 saturated carbocycles. The molecule has 0 bridgehead atoms. The van der Waals surface area contributed by atoms with E-state index in [1.807, 2.05) is 13.8 Å². The summed E-state index contributed by atoms with van der Waals surface area (Å²) in [7, 11) is 0. The fourth-order valence-corrected chi connectivity index (χ4v) is 3.08. The Morgan fingerprint density at radius 2 is 1.66 bits per heavy atom. The number of para-hydroxylation sites is 1. The summed E-state index contributed by atoms with van der Waals surface area (Å²) in [5.41, 5.74) is 6.26. The molecular formula is C21H33N3O8. The zero-order chi connectivity index (χ0) is 24.7. The highest BCUT2D eigenvalue weighted by atomic mass is 16.6. The molecule has 0 radical (unpaired) electrons. The van der Waals surface area contributed by atoms with Crippen LogP contribution in [0.25, 0.3) is 0 Å². The summed E-state index contributed by atoms with van der Waals surface area (Å²) in [6, 6.07) is 4.28. The van der Waals surface area contributed by atoms with Crippen LogP contribution in [0.4, 0.5) is 5.69 Å². The maximum absolute atomic E-state index is 12.4. The number of carboxylic acids is 1. The van der Waals surface area contributed by atoms with Gasteiger partial charge in [-0.2, -0.15) is 0 Å². The van der Waals surface area contributed by atoms with E-state index in [1.54, 1.807) is 6.07 Å². The molecule has 1 aromatic rings. The Morgan fingerprint density at radius 1 is 1.06 bits per heavy atom. The SMILES string of the molecule is CC(C)C[C@H](N)C(=O)NC(C)CC(O)(O)C(O)(O)C(=O)Nc1ccccc1CCC(=O)O. The number of hydrogen-bond donors (Lipinski definition) is 8. The molecule has 0 saturated heterocycles. The minimum atomic E-state index is -3.65. The fraction of sp³-hybridized carbons (Fsp3) is 0.571. The summed E-state index contributed by atoms with van der Waals surface area (Å²) in [5.74, 6) is -9.97. The first-order valence-corrected chi connectivity index (χ1v) is 10.2. The lowest BCUT2D eigenvalue weighted by atomic mass is 9.96. The number of amides is 2. The van der Waals surface area contributed by atoms with Gasteiger partial charge in [-0.15, -0.1) is 0 Å². The summed E-state index contributed by atoms with van der Waals surface area (Å²) in [6.45, 7) is 5.15. The molecule has 11 nitrogen and oxygen atoms in total. The number of carboxylic acid groups (broad SMARTS) is 1. The zero-order valence-corrected chi connectivity index (χ0v) is 18.4. The van der Waals surface area contributed by atoms with Crippen molar-refractivity contribution >= 4 is 23.5 Å². The highest BCUT2D eigenvalue weighted by Gasteiger charge is 2.54. The van der Waals surface area contributed by atoms with Crippen molar-refractivity contribution in [1.82, 2.24) is 5.32 Å². The molecule has 9 N–H and O–H groups in total. The molecule has 0 aliphatic carbocycles. The molecule has 0 aliphatic heterocycles. The lowest BCUT2D eigenvalue weighted by Gasteiger charge is -2.35. The second kappa shape index (κ2) is 11.3. The van der Waals surface area contributed by atoms with E-state index in [0.29, 0.717) is 12.0 Å². The number of hydrogen-bond acceptors (Lipinski definition) is 8. The molecular weight excluding hydrogens is 422 g/mol. The highest BCUT2D eigenvalue weighted by molar-refractivity contribution is 5.97. The lowest BCUT2D eigenvalue weighted by Crippen LogP contribution is -2.63. The molecule has 2 atom stereocenters. The fourth-order valence-electron chi connectivity index (χ4n) is 3.08. The standard InChI is InChI=1S/C21H33N3O8/c1-12(2)10-15(22)18(27)23-13(3)11-20(29,30)21(31,32)19(28)24-16-7-5-4-6-14(16)8-9-17(25)26/h4-7,12-13,15,29-32H,8-11,22H2,1-3H3,(H,23,27)(H,24,28)(H,25,26)/t13?,15-/m0/s1. The first-order chi connectivity index (χ1) is 14.7. The largest absolute Gasteiger partial charge is 0.481 e. The minimum absolute atomic E-state index is 0.0543. The molecule has 32 heavy (non-hydrogen) atoms. The first kappa shape index (κ1) is 27.5. The van der Waals surface area contributed by atoms with Crippen molar-refractivity contribution in [3.05, 3.63) is 29.8 Å². The maximum atomic E-state index is 12.4. The van der Waals surface area contributed by atoms with Gasteiger partial charge >= 0.3 is 11.8 Å². The molecule has 180 valence electrons. The van der Waals surface area contributed by atoms with Crippen molar-refractivity contribution < 1.29 is 39.9 Å². The normalized spacial score (nSPS) is 14.0. The smallest absolute Gasteiger partial charge is 0.303 e. The van der Waals surface area contributed by atoms with Gasteiger partial charge in [0, 0.05) is 24.6 Å². The van der Waals surface area contributed by atoms with E-state index in [0.717, 1.165) is 0 Å². The van der Waals surface area contributed by atoms with Gasteiger partial charge in [0.25, 0.3) is 5.91 Å². The third kappa shape index (κ3) is 7.84. The first-order valence-electron chi connectivity index (χ1n) is 10.2. The van der Waals surface area contributed by atoms with Gasteiger partial charge in [-0.3, -0.25) is 14.4 Å². The van der Waals surface area contributed by atoms with Crippen LogP contribution in [-0.4, -0.2) is 67.0 Å². The number of nitrogens with one attached hydrogen (secondary N) is 2. The second-order valence-electron chi connectivity index (χ2n) is 8.34. The van der Waals surface area contributed by atoms with E-state index in [4.69, 9.17) is 10.8 Å². The number of aryl methyl sites for hydroxylation is 1. The number of carbonyl (C=O) groups excluding carboxylic acids is 2. The Kier molecular flexibility index (Phi) is 9.73. The lowest BCUT2D eigenvalue weighted by molar-refractivity contribution is -0.338. The van der Waals surface area contributed by atoms with Crippen molar-refractivity contribution in [2.24, 2.45) is 11.7 Å². The molecule has 2 amide bonds.